The Hall–Kier alpha value is -0.470. The van der Waals surface area contributed by atoms with Crippen LogP contribution in [0.3, 0.4) is 0 Å². The van der Waals surface area contributed by atoms with Gasteiger partial charge in [-0.05, 0) is 31.5 Å². The Bertz CT molecular complexity index is 487. The molecule has 74 valence electrons. The summed E-state index contributed by atoms with van der Waals surface area (Å²) in [5.41, 5.74) is 2.36. The summed E-state index contributed by atoms with van der Waals surface area (Å²) in [6.45, 7) is 5.07. The number of rotatable bonds is 1. The molecule has 2 aromatic rings. The first-order valence-corrected chi connectivity index (χ1v) is 5.76. The van der Waals surface area contributed by atoms with Crippen molar-refractivity contribution in [2.45, 2.75) is 20.4 Å². The van der Waals surface area contributed by atoms with Crippen LogP contribution in [0.2, 0.25) is 5.15 Å². The average molecular weight is 273 g/mol. The fourth-order valence-electron chi connectivity index (χ4n) is 1.77. The van der Waals surface area contributed by atoms with Gasteiger partial charge in [-0.15, -0.1) is 0 Å². The molecule has 14 heavy (non-hydrogen) atoms. The number of nitrogens with zero attached hydrogens (tertiary/aromatic N) is 1. The lowest BCUT2D eigenvalue weighted by Gasteiger charge is -2.02. The number of benzene rings is 1. The fourth-order valence-corrected chi connectivity index (χ4v) is 2.44. The Morgan fingerprint density at radius 3 is 2.79 bits per heavy atom. The number of aromatic nitrogens is 1. The van der Waals surface area contributed by atoms with E-state index in [1.165, 1.54) is 10.9 Å². The van der Waals surface area contributed by atoms with E-state index in [9.17, 15) is 0 Å². The van der Waals surface area contributed by atoms with Crippen LogP contribution >= 0.6 is 27.5 Å². The maximum atomic E-state index is 6.24. The molecule has 0 aliphatic rings. The lowest BCUT2D eigenvalue weighted by atomic mass is 10.2. The molecule has 1 aromatic heterocycles. The van der Waals surface area contributed by atoms with Gasteiger partial charge >= 0.3 is 0 Å². The first-order chi connectivity index (χ1) is 6.65. The first kappa shape index (κ1) is 10.1. The Labute approximate surface area is 96.8 Å². The summed E-state index contributed by atoms with van der Waals surface area (Å²) in [6, 6.07) is 6.26. The van der Waals surface area contributed by atoms with Crippen LogP contribution in [0.4, 0.5) is 0 Å². The quantitative estimate of drug-likeness (QED) is 0.726. The molecule has 0 aliphatic heterocycles. The molecule has 0 saturated carbocycles. The topological polar surface area (TPSA) is 4.93 Å². The van der Waals surface area contributed by atoms with Crippen molar-refractivity contribution in [1.29, 1.82) is 0 Å². The Morgan fingerprint density at radius 1 is 1.43 bits per heavy atom. The zero-order valence-corrected chi connectivity index (χ0v) is 10.5. The maximum Gasteiger partial charge on any atom is 0.112 e. The summed E-state index contributed by atoms with van der Waals surface area (Å²) in [4.78, 5) is 0. The minimum Gasteiger partial charge on any atom is -0.332 e. The van der Waals surface area contributed by atoms with E-state index in [2.05, 4.69) is 46.5 Å². The molecule has 0 bridgehead atoms. The summed E-state index contributed by atoms with van der Waals surface area (Å²) in [6.07, 6.45) is 0. The summed E-state index contributed by atoms with van der Waals surface area (Å²) in [5, 5.41) is 2.08. The van der Waals surface area contributed by atoms with Gasteiger partial charge in [-0.25, -0.2) is 0 Å². The van der Waals surface area contributed by atoms with E-state index in [0.29, 0.717) is 0 Å². The minimum absolute atomic E-state index is 0.848. The van der Waals surface area contributed by atoms with Crippen molar-refractivity contribution in [3.63, 3.8) is 0 Å². The highest BCUT2D eigenvalue weighted by Crippen LogP contribution is 2.30. The van der Waals surface area contributed by atoms with Crippen LogP contribution in [-0.2, 0) is 6.54 Å². The summed E-state index contributed by atoms with van der Waals surface area (Å²) in [7, 11) is 0. The van der Waals surface area contributed by atoms with Gasteiger partial charge in [-0.1, -0.05) is 33.6 Å². The van der Waals surface area contributed by atoms with Crippen molar-refractivity contribution in [2.75, 3.05) is 0 Å². The zero-order valence-electron chi connectivity index (χ0n) is 8.14. The highest BCUT2D eigenvalue weighted by molar-refractivity contribution is 9.10. The van der Waals surface area contributed by atoms with E-state index in [4.69, 9.17) is 11.6 Å². The van der Waals surface area contributed by atoms with Crippen molar-refractivity contribution in [3.8, 4) is 0 Å². The molecule has 0 radical (unpaired) electrons. The third-order valence-corrected chi connectivity index (χ3v) is 3.50. The van der Waals surface area contributed by atoms with Crippen LogP contribution in [0.1, 0.15) is 12.5 Å². The van der Waals surface area contributed by atoms with Gasteiger partial charge in [0.05, 0.1) is 5.52 Å². The van der Waals surface area contributed by atoms with Crippen LogP contribution in [0.25, 0.3) is 10.9 Å². The summed E-state index contributed by atoms with van der Waals surface area (Å²) >= 11 is 9.71. The highest BCUT2D eigenvalue weighted by Gasteiger charge is 2.10. The van der Waals surface area contributed by atoms with E-state index in [0.717, 1.165) is 21.7 Å². The van der Waals surface area contributed by atoms with E-state index >= 15 is 0 Å². The van der Waals surface area contributed by atoms with Gasteiger partial charge < -0.3 is 4.57 Å². The summed E-state index contributed by atoms with van der Waals surface area (Å²) < 4.78 is 3.21. The number of halogens is 2. The van der Waals surface area contributed by atoms with Gasteiger partial charge in [0.1, 0.15) is 5.15 Å². The molecule has 1 heterocycles. The molecule has 0 N–H and O–H groups in total. The number of aryl methyl sites for hydroxylation is 2. The molecule has 0 atom stereocenters. The molecule has 0 unspecified atom stereocenters. The fraction of sp³-hybridized carbons (Fsp3) is 0.273. The van der Waals surface area contributed by atoms with Gasteiger partial charge in [0.25, 0.3) is 0 Å². The standard InChI is InChI=1S/C11H11BrClN/c1-3-14-10-6-8(12)4-5-9(10)7(2)11(14)13/h4-6H,3H2,1-2H3. The third-order valence-electron chi connectivity index (χ3n) is 2.52. The van der Waals surface area contributed by atoms with Gasteiger partial charge in [-0.2, -0.15) is 0 Å². The van der Waals surface area contributed by atoms with Gasteiger partial charge in [0.15, 0.2) is 0 Å². The van der Waals surface area contributed by atoms with Gasteiger partial charge in [-0.3, -0.25) is 0 Å². The smallest absolute Gasteiger partial charge is 0.112 e. The van der Waals surface area contributed by atoms with Crippen LogP contribution in [0.5, 0.6) is 0 Å². The predicted molar refractivity (Wildman–Crippen MR) is 65.1 cm³/mol. The molecule has 3 heteroatoms. The second kappa shape index (κ2) is 3.59. The molecule has 0 fully saturated rings. The Kier molecular flexibility index (Phi) is 2.58. The van der Waals surface area contributed by atoms with Crippen LogP contribution < -0.4 is 0 Å². The van der Waals surface area contributed by atoms with Gasteiger partial charge in [0, 0.05) is 16.4 Å². The molecular weight excluding hydrogens is 261 g/mol. The number of fused-ring (bicyclic) bond motifs is 1. The lowest BCUT2D eigenvalue weighted by molar-refractivity contribution is 0.796. The number of hydrogen-bond acceptors (Lipinski definition) is 0. The Balaban J connectivity index is 2.89. The van der Waals surface area contributed by atoms with Crippen molar-refractivity contribution < 1.29 is 0 Å². The molecule has 0 amide bonds. The van der Waals surface area contributed by atoms with Crippen LogP contribution in [0, 0.1) is 6.92 Å². The molecular formula is C11H11BrClN. The van der Waals surface area contributed by atoms with Gasteiger partial charge in [0.2, 0.25) is 0 Å². The second-order valence-electron chi connectivity index (χ2n) is 3.32. The first-order valence-electron chi connectivity index (χ1n) is 4.59. The molecule has 1 nitrogen and oxygen atoms in total. The highest BCUT2D eigenvalue weighted by atomic mass is 79.9. The number of hydrogen-bond donors (Lipinski definition) is 0. The molecule has 0 aliphatic carbocycles. The van der Waals surface area contributed by atoms with E-state index in [-0.39, 0.29) is 0 Å². The van der Waals surface area contributed by atoms with Crippen molar-refractivity contribution in [1.82, 2.24) is 4.57 Å². The minimum atomic E-state index is 0.848. The Morgan fingerprint density at radius 2 is 2.14 bits per heavy atom. The second-order valence-corrected chi connectivity index (χ2v) is 4.60. The zero-order chi connectivity index (χ0) is 10.3. The average Bonchev–Trinajstić information content (AvgIpc) is 2.39. The van der Waals surface area contributed by atoms with E-state index in [1.807, 2.05) is 6.07 Å². The monoisotopic (exact) mass is 271 g/mol. The normalized spacial score (nSPS) is 11.1. The van der Waals surface area contributed by atoms with Crippen molar-refractivity contribution in [3.05, 3.63) is 33.4 Å². The van der Waals surface area contributed by atoms with E-state index in [1.54, 1.807) is 0 Å². The third kappa shape index (κ3) is 1.37. The lowest BCUT2D eigenvalue weighted by Crippen LogP contribution is -1.92. The SMILES string of the molecule is CCn1c(Cl)c(C)c2ccc(Br)cc21. The van der Waals surface area contributed by atoms with E-state index < -0.39 is 0 Å². The predicted octanol–water partition coefficient (Wildman–Crippen LogP) is 4.39. The largest absolute Gasteiger partial charge is 0.332 e. The molecule has 1 aromatic carbocycles. The molecule has 0 spiro atoms. The summed E-state index contributed by atoms with van der Waals surface area (Å²) in [5.74, 6) is 0. The van der Waals surface area contributed by atoms with Crippen molar-refractivity contribution in [2.24, 2.45) is 0 Å². The van der Waals surface area contributed by atoms with Crippen LogP contribution in [0.15, 0.2) is 22.7 Å². The molecule has 0 saturated heterocycles. The van der Waals surface area contributed by atoms with Crippen molar-refractivity contribution >= 4 is 38.4 Å². The van der Waals surface area contributed by atoms with Crippen LogP contribution in [-0.4, -0.2) is 4.57 Å². The molecule has 2 rings (SSSR count). The maximum absolute atomic E-state index is 6.24.